The average Bonchev–Trinajstić information content (AvgIpc) is 2.54. The number of nitrogens with zero attached hydrogens (tertiary/aromatic N) is 1. The van der Waals surface area contributed by atoms with Gasteiger partial charge >= 0.3 is 0 Å². The smallest absolute Gasteiger partial charge is 0.195 e. The highest BCUT2D eigenvalue weighted by Crippen LogP contribution is 2.20. The summed E-state index contributed by atoms with van der Waals surface area (Å²) in [5.41, 5.74) is 1.98. The predicted molar refractivity (Wildman–Crippen MR) is 78.2 cm³/mol. The number of pyridine rings is 1. The first-order chi connectivity index (χ1) is 9.79. The van der Waals surface area contributed by atoms with Gasteiger partial charge in [-0.15, -0.1) is 0 Å². The Balaban J connectivity index is 2.07. The number of methoxy groups -OCH3 is 1. The van der Waals surface area contributed by atoms with E-state index in [9.17, 15) is 4.79 Å². The van der Waals surface area contributed by atoms with Gasteiger partial charge in [-0.2, -0.15) is 0 Å². The Labute approximate surface area is 116 Å². The average molecular weight is 263 g/mol. The Kier molecular flexibility index (Phi) is 3.17. The highest BCUT2D eigenvalue weighted by atomic mass is 16.5. The first kappa shape index (κ1) is 12.4. The molecule has 0 fully saturated rings. The van der Waals surface area contributed by atoms with Gasteiger partial charge in [-0.1, -0.05) is 18.2 Å². The fourth-order valence-corrected chi connectivity index (χ4v) is 2.19. The molecule has 0 atom stereocenters. The number of hydrogen-bond acceptors (Lipinski definition) is 3. The molecular formula is C17H13NO2. The van der Waals surface area contributed by atoms with Crippen molar-refractivity contribution < 1.29 is 9.53 Å². The van der Waals surface area contributed by atoms with Crippen LogP contribution >= 0.6 is 0 Å². The van der Waals surface area contributed by atoms with Crippen molar-refractivity contribution in [2.24, 2.45) is 0 Å². The van der Waals surface area contributed by atoms with Crippen molar-refractivity contribution in [2.75, 3.05) is 7.11 Å². The summed E-state index contributed by atoms with van der Waals surface area (Å²) in [4.78, 5) is 16.9. The SMILES string of the molecule is COc1ccc(C(=O)c2cccc3cccnc23)cc1. The fraction of sp³-hybridized carbons (Fsp3) is 0.0588. The van der Waals surface area contributed by atoms with Crippen molar-refractivity contribution in [3.05, 3.63) is 71.9 Å². The summed E-state index contributed by atoms with van der Waals surface area (Å²) < 4.78 is 5.10. The fourth-order valence-electron chi connectivity index (χ4n) is 2.19. The van der Waals surface area contributed by atoms with Gasteiger partial charge in [0.2, 0.25) is 0 Å². The lowest BCUT2D eigenvalue weighted by Gasteiger charge is -2.06. The van der Waals surface area contributed by atoms with E-state index in [1.807, 2.05) is 30.3 Å². The summed E-state index contributed by atoms with van der Waals surface area (Å²) in [7, 11) is 1.60. The maximum absolute atomic E-state index is 12.6. The minimum absolute atomic E-state index is 0.0306. The van der Waals surface area contributed by atoms with Gasteiger partial charge in [0.15, 0.2) is 5.78 Å². The third-order valence-electron chi connectivity index (χ3n) is 3.23. The Bertz CT molecular complexity index is 758. The third kappa shape index (κ3) is 2.14. The number of fused-ring (bicyclic) bond motifs is 1. The molecule has 0 aliphatic heterocycles. The lowest BCUT2D eigenvalue weighted by Crippen LogP contribution is -2.03. The Morgan fingerprint density at radius 2 is 1.75 bits per heavy atom. The molecule has 0 aliphatic carbocycles. The van der Waals surface area contributed by atoms with Crippen molar-refractivity contribution in [3.63, 3.8) is 0 Å². The molecule has 0 bridgehead atoms. The zero-order valence-corrected chi connectivity index (χ0v) is 11.0. The standard InChI is InChI=1S/C17H13NO2/c1-20-14-9-7-13(8-10-14)17(19)15-6-2-4-12-5-3-11-18-16(12)15/h2-11H,1H3. The number of hydrogen-bond donors (Lipinski definition) is 0. The molecule has 0 saturated carbocycles. The first-order valence-electron chi connectivity index (χ1n) is 6.32. The highest BCUT2D eigenvalue weighted by Gasteiger charge is 2.13. The largest absolute Gasteiger partial charge is 0.497 e. The Morgan fingerprint density at radius 1 is 1.00 bits per heavy atom. The lowest BCUT2D eigenvalue weighted by molar-refractivity contribution is 0.104. The van der Waals surface area contributed by atoms with E-state index in [1.54, 1.807) is 37.6 Å². The van der Waals surface area contributed by atoms with Gasteiger partial charge in [0.25, 0.3) is 0 Å². The number of ether oxygens (including phenoxy) is 1. The number of aromatic nitrogens is 1. The van der Waals surface area contributed by atoms with Crippen LogP contribution in [-0.2, 0) is 0 Å². The topological polar surface area (TPSA) is 39.2 Å². The molecule has 3 nitrogen and oxygen atoms in total. The second-order valence-electron chi connectivity index (χ2n) is 4.44. The molecule has 0 aliphatic rings. The van der Waals surface area contributed by atoms with Gasteiger partial charge in [-0.25, -0.2) is 0 Å². The normalized spacial score (nSPS) is 10.4. The number of benzene rings is 2. The molecular weight excluding hydrogens is 250 g/mol. The van der Waals surface area contributed by atoms with Crippen LogP contribution < -0.4 is 4.74 Å². The zero-order chi connectivity index (χ0) is 13.9. The summed E-state index contributed by atoms with van der Waals surface area (Å²) in [6.07, 6.45) is 1.70. The minimum Gasteiger partial charge on any atom is -0.497 e. The van der Waals surface area contributed by atoms with E-state index in [1.165, 1.54) is 0 Å². The van der Waals surface area contributed by atoms with Gasteiger partial charge in [0.1, 0.15) is 5.75 Å². The highest BCUT2D eigenvalue weighted by molar-refractivity contribution is 6.15. The van der Waals surface area contributed by atoms with Crippen molar-refractivity contribution in [3.8, 4) is 5.75 Å². The third-order valence-corrected chi connectivity index (χ3v) is 3.23. The maximum Gasteiger partial charge on any atom is 0.195 e. The quantitative estimate of drug-likeness (QED) is 0.679. The molecule has 0 saturated heterocycles. The summed E-state index contributed by atoms with van der Waals surface area (Å²) in [6.45, 7) is 0. The molecule has 2 aromatic carbocycles. The number of rotatable bonds is 3. The van der Waals surface area contributed by atoms with E-state index >= 15 is 0 Å². The van der Waals surface area contributed by atoms with Crippen LogP contribution in [0.2, 0.25) is 0 Å². The molecule has 0 N–H and O–H groups in total. The zero-order valence-electron chi connectivity index (χ0n) is 11.0. The van der Waals surface area contributed by atoms with E-state index in [2.05, 4.69) is 4.98 Å². The predicted octanol–water partition coefficient (Wildman–Crippen LogP) is 3.47. The molecule has 3 aromatic rings. The van der Waals surface area contributed by atoms with Crippen LogP contribution in [0.5, 0.6) is 5.75 Å². The van der Waals surface area contributed by atoms with Crippen LogP contribution in [0.1, 0.15) is 15.9 Å². The molecule has 3 heteroatoms. The van der Waals surface area contributed by atoms with E-state index in [-0.39, 0.29) is 5.78 Å². The number of carbonyl (C=O) groups excluding carboxylic acids is 1. The van der Waals surface area contributed by atoms with Crippen molar-refractivity contribution in [1.29, 1.82) is 0 Å². The molecule has 1 aromatic heterocycles. The van der Waals surface area contributed by atoms with Crippen molar-refractivity contribution in [1.82, 2.24) is 4.98 Å². The molecule has 0 amide bonds. The molecule has 0 unspecified atom stereocenters. The van der Waals surface area contributed by atoms with Crippen LogP contribution in [0, 0.1) is 0 Å². The van der Waals surface area contributed by atoms with E-state index < -0.39 is 0 Å². The van der Waals surface area contributed by atoms with E-state index in [0.717, 1.165) is 16.7 Å². The van der Waals surface area contributed by atoms with Gasteiger partial charge in [-0.3, -0.25) is 9.78 Å². The maximum atomic E-state index is 12.6. The van der Waals surface area contributed by atoms with Crippen LogP contribution in [-0.4, -0.2) is 17.9 Å². The molecule has 98 valence electrons. The minimum atomic E-state index is -0.0306. The molecule has 0 spiro atoms. The van der Waals surface area contributed by atoms with Gasteiger partial charge in [0, 0.05) is 22.7 Å². The molecule has 20 heavy (non-hydrogen) atoms. The van der Waals surface area contributed by atoms with Crippen LogP contribution in [0.4, 0.5) is 0 Å². The summed E-state index contributed by atoms with van der Waals surface area (Å²) >= 11 is 0. The second kappa shape index (κ2) is 5.13. The number of carbonyl (C=O) groups is 1. The molecule has 3 rings (SSSR count). The summed E-state index contributed by atoms with van der Waals surface area (Å²) in [5, 5.41) is 0.965. The Hall–Kier alpha value is -2.68. The Morgan fingerprint density at radius 3 is 2.50 bits per heavy atom. The van der Waals surface area contributed by atoms with Crippen LogP contribution in [0.3, 0.4) is 0 Å². The van der Waals surface area contributed by atoms with E-state index in [4.69, 9.17) is 4.74 Å². The molecule has 0 radical (unpaired) electrons. The lowest BCUT2D eigenvalue weighted by atomic mass is 10.0. The van der Waals surface area contributed by atoms with E-state index in [0.29, 0.717) is 11.1 Å². The first-order valence-corrected chi connectivity index (χ1v) is 6.32. The number of para-hydroxylation sites is 1. The molecule has 1 heterocycles. The van der Waals surface area contributed by atoms with Gasteiger partial charge < -0.3 is 4.74 Å². The van der Waals surface area contributed by atoms with Crippen molar-refractivity contribution in [2.45, 2.75) is 0 Å². The summed E-state index contributed by atoms with van der Waals surface area (Å²) in [5.74, 6) is 0.703. The van der Waals surface area contributed by atoms with Gasteiger partial charge in [0.05, 0.1) is 12.6 Å². The van der Waals surface area contributed by atoms with Crippen LogP contribution in [0.15, 0.2) is 60.8 Å². The summed E-state index contributed by atoms with van der Waals surface area (Å²) in [6, 6.07) is 16.6. The second-order valence-corrected chi connectivity index (χ2v) is 4.44. The van der Waals surface area contributed by atoms with Gasteiger partial charge in [-0.05, 0) is 36.4 Å². The van der Waals surface area contributed by atoms with Crippen LogP contribution in [0.25, 0.3) is 10.9 Å². The van der Waals surface area contributed by atoms with Crippen molar-refractivity contribution >= 4 is 16.7 Å². The monoisotopic (exact) mass is 263 g/mol. The number of ketones is 1.